The van der Waals surface area contributed by atoms with Gasteiger partial charge in [0, 0.05) is 56.3 Å². The first-order chi connectivity index (χ1) is 30.7. The quantitative estimate of drug-likeness (QED) is 0.161. The van der Waals surface area contributed by atoms with E-state index in [2.05, 4.69) is 161 Å². The summed E-state index contributed by atoms with van der Waals surface area (Å²) >= 11 is 0. The van der Waals surface area contributed by atoms with E-state index in [0.29, 0.717) is 5.82 Å². The molecule has 0 unspecified atom stereocenters. The highest BCUT2D eigenvalue weighted by Gasteiger charge is 2.19. The van der Waals surface area contributed by atoms with Gasteiger partial charge in [-0.25, -0.2) is 9.97 Å². The van der Waals surface area contributed by atoms with Crippen LogP contribution in [0.3, 0.4) is 0 Å². The normalized spacial score (nSPS) is 11.5. The maximum atomic E-state index is 6.35. The fourth-order valence-corrected chi connectivity index (χ4v) is 8.95. The number of pyridine rings is 1. The second kappa shape index (κ2) is 14.7. The zero-order valence-electron chi connectivity index (χ0n) is 33.5. The van der Waals surface area contributed by atoms with Crippen molar-refractivity contribution in [2.24, 2.45) is 0 Å². The summed E-state index contributed by atoms with van der Waals surface area (Å²) in [5.74, 6) is 0.659. The van der Waals surface area contributed by atoms with Crippen LogP contribution in [0.25, 0.3) is 117 Å². The average molecular weight is 793 g/mol. The number of furan rings is 1. The van der Waals surface area contributed by atoms with Crippen molar-refractivity contribution in [2.75, 3.05) is 0 Å². The Kier molecular flexibility index (Phi) is 8.42. The van der Waals surface area contributed by atoms with Crippen LogP contribution >= 0.6 is 0 Å². The third-order valence-electron chi connectivity index (χ3n) is 11.9. The number of nitrogens with zero attached hydrogens (tertiary/aromatic N) is 4. The van der Waals surface area contributed by atoms with E-state index < -0.39 is 0 Å². The van der Waals surface area contributed by atoms with Gasteiger partial charge in [0.2, 0.25) is 0 Å². The van der Waals surface area contributed by atoms with E-state index in [9.17, 15) is 0 Å². The lowest BCUT2D eigenvalue weighted by atomic mass is 9.93. The molecule has 0 radical (unpaired) electrons. The molecule has 5 nitrogen and oxygen atoms in total. The third kappa shape index (κ3) is 6.14. The predicted octanol–water partition coefficient (Wildman–Crippen LogP) is 14.9. The van der Waals surface area contributed by atoms with E-state index >= 15 is 0 Å². The highest BCUT2D eigenvalue weighted by Crippen LogP contribution is 2.41. The molecule has 4 heterocycles. The molecule has 0 aliphatic rings. The Balaban J connectivity index is 1.08. The topological polar surface area (TPSA) is 56.7 Å². The summed E-state index contributed by atoms with van der Waals surface area (Å²) < 4.78 is 8.71. The Labute approximate surface area is 357 Å². The molecular formula is C57H36N4O. The van der Waals surface area contributed by atoms with Crippen LogP contribution in [0.5, 0.6) is 0 Å². The Morgan fingerprint density at radius 2 is 0.952 bits per heavy atom. The van der Waals surface area contributed by atoms with E-state index in [1.54, 1.807) is 0 Å². The summed E-state index contributed by atoms with van der Waals surface area (Å²) in [5.41, 5.74) is 16.4. The Morgan fingerprint density at radius 3 is 1.76 bits per heavy atom. The van der Waals surface area contributed by atoms with Gasteiger partial charge in [0.1, 0.15) is 11.2 Å². The third-order valence-corrected chi connectivity index (χ3v) is 11.9. The van der Waals surface area contributed by atoms with E-state index in [-0.39, 0.29) is 0 Å². The van der Waals surface area contributed by atoms with Crippen LogP contribution in [0.1, 0.15) is 0 Å². The van der Waals surface area contributed by atoms with Crippen LogP contribution in [0.15, 0.2) is 223 Å². The van der Waals surface area contributed by atoms with Crippen molar-refractivity contribution in [3.05, 3.63) is 219 Å². The van der Waals surface area contributed by atoms with E-state index in [1.165, 1.54) is 16.3 Å². The molecule has 4 aromatic heterocycles. The molecule has 8 aromatic carbocycles. The first kappa shape index (κ1) is 35.5. The van der Waals surface area contributed by atoms with Crippen molar-refractivity contribution in [1.82, 2.24) is 19.5 Å². The summed E-state index contributed by atoms with van der Waals surface area (Å²) in [6, 6.07) is 72.7. The SMILES string of the molecule is c1ccc(-c2nc(-c3cc(-c4ccc(-c5ccncc5)cc4)cc(-c4ccc5c(c4)c4ccccc4n5-c4ccccc4)c3)cc(-c3cccc4oc5ccccc5c34)n2)cc1. The molecule has 12 rings (SSSR count). The number of aromatic nitrogens is 4. The summed E-state index contributed by atoms with van der Waals surface area (Å²) in [7, 11) is 0. The van der Waals surface area contributed by atoms with Crippen molar-refractivity contribution < 1.29 is 4.42 Å². The molecule has 12 aromatic rings. The molecule has 0 aliphatic heterocycles. The van der Waals surface area contributed by atoms with Gasteiger partial charge in [-0.2, -0.15) is 0 Å². The smallest absolute Gasteiger partial charge is 0.160 e. The number of hydrogen-bond acceptors (Lipinski definition) is 4. The molecular weight excluding hydrogens is 757 g/mol. The molecule has 0 fully saturated rings. The number of fused-ring (bicyclic) bond motifs is 6. The van der Waals surface area contributed by atoms with Gasteiger partial charge in [-0.1, -0.05) is 127 Å². The molecule has 290 valence electrons. The standard InChI is InChI=1S/C57H36N4O/c1-3-12-40(13-4-1)57-59-50(36-51(60-57)47-18-11-21-55-56(47)48-17-8-10-20-54(48)62-55)44-33-42(38-24-22-37(23-25-38)39-28-30-58-31-29-39)32-43(34-44)41-26-27-53-49(35-41)46-16-7-9-19-52(46)61(53)45-14-5-2-6-15-45/h1-36H. The van der Waals surface area contributed by atoms with Gasteiger partial charge in [0.15, 0.2) is 5.82 Å². The second-order valence-corrected chi connectivity index (χ2v) is 15.6. The van der Waals surface area contributed by atoms with Crippen LogP contribution in [0.2, 0.25) is 0 Å². The first-order valence-electron chi connectivity index (χ1n) is 20.8. The summed E-state index contributed by atoms with van der Waals surface area (Å²) in [6.45, 7) is 0. The molecule has 0 bridgehead atoms. The van der Waals surface area contributed by atoms with Crippen LogP contribution in [-0.4, -0.2) is 19.5 Å². The van der Waals surface area contributed by atoms with Crippen molar-refractivity contribution in [3.63, 3.8) is 0 Å². The van der Waals surface area contributed by atoms with Crippen molar-refractivity contribution >= 4 is 43.7 Å². The molecule has 0 atom stereocenters. The monoisotopic (exact) mass is 792 g/mol. The number of para-hydroxylation sites is 3. The van der Waals surface area contributed by atoms with Crippen LogP contribution in [0.4, 0.5) is 0 Å². The summed E-state index contributed by atoms with van der Waals surface area (Å²) in [5, 5.41) is 4.51. The van der Waals surface area contributed by atoms with Crippen LogP contribution in [0, 0.1) is 0 Å². The van der Waals surface area contributed by atoms with Crippen molar-refractivity contribution in [3.8, 4) is 73.0 Å². The highest BCUT2D eigenvalue weighted by molar-refractivity contribution is 6.13. The second-order valence-electron chi connectivity index (χ2n) is 15.6. The lowest BCUT2D eigenvalue weighted by Crippen LogP contribution is -1.97. The molecule has 0 saturated heterocycles. The van der Waals surface area contributed by atoms with Gasteiger partial charge in [-0.3, -0.25) is 4.98 Å². The minimum atomic E-state index is 0.659. The summed E-state index contributed by atoms with van der Waals surface area (Å²) in [4.78, 5) is 14.8. The largest absolute Gasteiger partial charge is 0.456 e. The number of hydrogen-bond donors (Lipinski definition) is 0. The fraction of sp³-hybridized carbons (Fsp3) is 0. The number of rotatable bonds is 7. The van der Waals surface area contributed by atoms with Crippen molar-refractivity contribution in [2.45, 2.75) is 0 Å². The van der Waals surface area contributed by atoms with E-state index in [4.69, 9.17) is 14.4 Å². The first-order valence-corrected chi connectivity index (χ1v) is 20.8. The van der Waals surface area contributed by atoms with Gasteiger partial charge in [0.05, 0.1) is 22.4 Å². The predicted molar refractivity (Wildman–Crippen MR) is 254 cm³/mol. The van der Waals surface area contributed by atoms with E-state index in [1.807, 2.05) is 67.0 Å². The van der Waals surface area contributed by atoms with E-state index in [0.717, 1.165) is 94.6 Å². The zero-order chi connectivity index (χ0) is 41.0. The Bertz CT molecular complexity index is 3610. The minimum Gasteiger partial charge on any atom is -0.456 e. The maximum Gasteiger partial charge on any atom is 0.160 e. The van der Waals surface area contributed by atoms with Gasteiger partial charge in [-0.15, -0.1) is 0 Å². The van der Waals surface area contributed by atoms with Crippen LogP contribution in [-0.2, 0) is 0 Å². The molecule has 5 heteroatoms. The Hall–Kier alpha value is -8.41. The Morgan fingerprint density at radius 1 is 0.355 bits per heavy atom. The summed E-state index contributed by atoms with van der Waals surface area (Å²) in [6.07, 6.45) is 3.67. The van der Waals surface area contributed by atoms with Gasteiger partial charge < -0.3 is 8.98 Å². The number of benzene rings is 8. The molecule has 0 saturated carbocycles. The minimum absolute atomic E-state index is 0.659. The average Bonchev–Trinajstić information content (AvgIpc) is 3.90. The van der Waals surface area contributed by atoms with Gasteiger partial charge >= 0.3 is 0 Å². The molecule has 62 heavy (non-hydrogen) atoms. The zero-order valence-corrected chi connectivity index (χ0v) is 33.5. The van der Waals surface area contributed by atoms with Gasteiger partial charge in [0.25, 0.3) is 0 Å². The molecule has 0 spiro atoms. The molecule has 0 amide bonds. The van der Waals surface area contributed by atoms with Crippen LogP contribution < -0.4 is 0 Å². The molecule has 0 aliphatic carbocycles. The lowest BCUT2D eigenvalue weighted by molar-refractivity contribution is 0.669. The molecule has 0 N–H and O–H groups in total. The van der Waals surface area contributed by atoms with Gasteiger partial charge in [-0.05, 0) is 112 Å². The van der Waals surface area contributed by atoms with Crippen molar-refractivity contribution in [1.29, 1.82) is 0 Å². The lowest BCUT2D eigenvalue weighted by Gasteiger charge is -2.14. The fourth-order valence-electron chi connectivity index (χ4n) is 8.95. The maximum absolute atomic E-state index is 6.35. The highest BCUT2D eigenvalue weighted by atomic mass is 16.3.